The maximum atomic E-state index is 12.7. The van der Waals surface area contributed by atoms with Crippen molar-refractivity contribution in [1.29, 1.82) is 5.26 Å². The number of aromatic nitrogens is 2. The molecule has 0 saturated carbocycles. The Morgan fingerprint density at radius 2 is 2.00 bits per heavy atom. The number of nitrogen functional groups attached to an aromatic ring is 1. The summed E-state index contributed by atoms with van der Waals surface area (Å²) in [6.45, 7) is 0.189. The third kappa shape index (κ3) is 3.85. The summed E-state index contributed by atoms with van der Waals surface area (Å²) in [6, 6.07) is 6.71. The third-order valence-corrected chi connectivity index (χ3v) is 4.93. The van der Waals surface area contributed by atoms with Crippen molar-refractivity contribution in [2.75, 3.05) is 17.6 Å². The normalized spacial score (nSPS) is 11.9. The average molecular weight is 373 g/mol. The van der Waals surface area contributed by atoms with Crippen LogP contribution in [0.4, 0.5) is 24.7 Å². The number of para-hydroxylation sites is 1. The number of nitrogens with one attached hydrogen (secondary N) is 2. The Hall–Kier alpha value is -2.74. The van der Waals surface area contributed by atoms with Crippen LogP contribution in [0.15, 0.2) is 29.2 Å². The van der Waals surface area contributed by atoms with Crippen LogP contribution in [0.5, 0.6) is 0 Å². The Kier molecular flexibility index (Phi) is 5.22. The van der Waals surface area contributed by atoms with Gasteiger partial charge in [0.05, 0.1) is 16.3 Å². The van der Waals surface area contributed by atoms with Crippen molar-refractivity contribution in [2.45, 2.75) is 23.2 Å². The van der Waals surface area contributed by atoms with E-state index in [1.807, 2.05) is 6.07 Å². The van der Waals surface area contributed by atoms with Gasteiger partial charge in [-0.05, 0) is 25.0 Å². The molecule has 0 atom stereocenters. The molecule has 11 heteroatoms. The van der Waals surface area contributed by atoms with E-state index in [0.717, 1.165) is 6.07 Å². The lowest BCUT2D eigenvalue weighted by molar-refractivity contribution is -0.0435. The second kappa shape index (κ2) is 7.02. The topological polar surface area (TPSA) is 125 Å². The highest BCUT2D eigenvalue weighted by atomic mass is 32.2. The molecule has 0 aliphatic heterocycles. The molecule has 2 aromatic rings. The van der Waals surface area contributed by atoms with Gasteiger partial charge in [-0.2, -0.15) is 23.5 Å². The molecule has 0 bridgehead atoms. The van der Waals surface area contributed by atoms with Gasteiger partial charge in [0, 0.05) is 6.54 Å². The van der Waals surface area contributed by atoms with Crippen molar-refractivity contribution in [3.63, 3.8) is 0 Å². The Balaban J connectivity index is 2.07. The molecule has 0 radical (unpaired) electrons. The van der Waals surface area contributed by atoms with Crippen molar-refractivity contribution in [1.82, 2.24) is 10.2 Å². The van der Waals surface area contributed by atoms with Crippen LogP contribution in [0.3, 0.4) is 0 Å². The van der Waals surface area contributed by atoms with E-state index in [4.69, 9.17) is 11.0 Å². The number of rotatable bonds is 6. The number of halogens is 3. The van der Waals surface area contributed by atoms with E-state index in [9.17, 15) is 21.6 Å². The van der Waals surface area contributed by atoms with E-state index in [1.54, 1.807) is 0 Å². The van der Waals surface area contributed by atoms with Gasteiger partial charge in [-0.1, -0.05) is 12.1 Å². The first kappa shape index (κ1) is 18.6. The second-order valence-corrected chi connectivity index (χ2v) is 6.96. The average Bonchev–Trinajstić information content (AvgIpc) is 2.90. The van der Waals surface area contributed by atoms with Crippen molar-refractivity contribution in [2.24, 2.45) is 0 Å². The first-order valence-electron chi connectivity index (χ1n) is 7.05. The molecule has 2 rings (SSSR count). The monoisotopic (exact) mass is 373 g/mol. The van der Waals surface area contributed by atoms with Gasteiger partial charge in [-0.25, -0.2) is 8.42 Å². The molecule has 0 aliphatic carbocycles. The minimum absolute atomic E-state index is 0.0760. The molecule has 134 valence electrons. The summed E-state index contributed by atoms with van der Waals surface area (Å²) in [4.78, 5) is -0.828. The van der Waals surface area contributed by atoms with Crippen LogP contribution in [0, 0.1) is 11.3 Å². The van der Waals surface area contributed by atoms with Gasteiger partial charge in [0.1, 0.15) is 11.6 Å². The summed E-state index contributed by atoms with van der Waals surface area (Å²) >= 11 is 0. The van der Waals surface area contributed by atoms with E-state index in [1.165, 1.54) is 18.2 Å². The number of anilines is 2. The van der Waals surface area contributed by atoms with Crippen LogP contribution in [0.1, 0.15) is 17.7 Å². The summed E-state index contributed by atoms with van der Waals surface area (Å²) < 4.78 is 61.3. The molecule has 0 amide bonds. The summed E-state index contributed by atoms with van der Waals surface area (Å²) in [5, 5.41) is 17.9. The van der Waals surface area contributed by atoms with E-state index in [2.05, 4.69) is 15.5 Å². The van der Waals surface area contributed by atoms with Gasteiger partial charge in [0.2, 0.25) is 0 Å². The number of nitrogens with zero attached hydrogens (tertiary/aromatic N) is 2. The highest BCUT2D eigenvalue weighted by Crippen LogP contribution is 2.34. The van der Waals surface area contributed by atoms with Gasteiger partial charge in [-0.3, -0.25) is 5.10 Å². The van der Waals surface area contributed by atoms with E-state index in [-0.39, 0.29) is 23.6 Å². The number of hydrogen-bond donors (Lipinski definition) is 3. The predicted octanol–water partition coefficient (Wildman–Crippen LogP) is 2.20. The first-order chi connectivity index (χ1) is 11.7. The van der Waals surface area contributed by atoms with Gasteiger partial charge >= 0.3 is 5.51 Å². The summed E-state index contributed by atoms with van der Waals surface area (Å²) in [5.41, 5.74) is 0.726. The van der Waals surface area contributed by atoms with E-state index in [0.29, 0.717) is 18.5 Å². The zero-order valence-electron chi connectivity index (χ0n) is 12.8. The molecule has 1 aromatic carbocycles. The van der Waals surface area contributed by atoms with Crippen molar-refractivity contribution >= 4 is 21.3 Å². The lowest BCUT2D eigenvalue weighted by Gasteiger charge is -2.14. The highest BCUT2D eigenvalue weighted by molar-refractivity contribution is 7.92. The largest absolute Gasteiger partial charge is 0.501 e. The highest BCUT2D eigenvalue weighted by Gasteiger charge is 2.47. The molecule has 25 heavy (non-hydrogen) atoms. The summed E-state index contributed by atoms with van der Waals surface area (Å²) in [7, 11) is -5.44. The van der Waals surface area contributed by atoms with Gasteiger partial charge in [0.25, 0.3) is 9.84 Å². The molecule has 1 aromatic heterocycles. The fourth-order valence-corrected chi connectivity index (χ4v) is 3.10. The molecule has 0 fully saturated rings. The molecule has 0 unspecified atom stereocenters. The molecule has 0 spiro atoms. The molecule has 4 N–H and O–H groups in total. The lowest BCUT2D eigenvalue weighted by atomic mass is 10.1. The SMILES string of the molecule is N#Cc1c(N)n[nH]c1CCCNc1ccccc1S(=O)(=O)C(F)(F)F. The number of H-pyrrole nitrogens is 1. The predicted molar refractivity (Wildman–Crippen MR) is 84.2 cm³/mol. The molecule has 1 heterocycles. The minimum atomic E-state index is -5.44. The number of aryl methyl sites for hydroxylation is 1. The Morgan fingerprint density at radius 3 is 2.64 bits per heavy atom. The molecule has 7 nitrogen and oxygen atoms in total. The number of nitriles is 1. The van der Waals surface area contributed by atoms with Gasteiger partial charge in [-0.15, -0.1) is 0 Å². The lowest BCUT2D eigenvalue weighted by Crippen LogP contribution is -2.24. The number of benzene rings is 1. The Bertz CT molecular complexity index is 900. The van der Waals surface area contributed by atoms with Crippen molar-refractivity contribution in [3.05, 3.63) is 35.5 Å². The summed E-state index contributed by atoms with van der Waals surface area (Å²) in [6.07, 6.45) is 0.783. The van der Waals surface area contributed by atoms with E-state index >= 15 is 0 Å². The standard InChI is InChI=1S/C14H14F3N5O2S/c15-14(16,17)25(23,24)12-6-2-1-4-11(12)20-7-3-5-10-9(8-18)13(19)22-21-10/h1-2,4,6,20H,3,5,7H2,(H3,19,21,22). The van der Waals surface area contributed by atoms with Crippen molar-refractivity contribution in [3.8, 4) is 6.07 Å². The zero-order chi connectivity index (χ0) is 18.7. The maximum absolute atomic E-state index is 12.7. The number of aromatic amines is 1. The number of sulfone groups is 1. The number of alkyl halides is 3. The second-order valence-electron chi connectivity index (χ2n) is 5.05. The first-order valence-corrected chi connectivity index (χ1v) is 8.54. The number of hydrogen-bond acceptors (Lipinski definition) is 6. The van der Waals surface area contributed by atoms with E-state index < -0.39 is 20.2 Å². The van der Waals surface area contributed by atoms with Crippen LogP contribution >= 0.6 is 0 Å². The molecular formula is C14H14F3N5O2S. The fraction of sp³-hybridized carbons (Fsp3) is 0.286. The minimum Gasteiger partial charge on any atom is -0.384 e. The van der Waals surface area contributed by atoms with Crippen molar-refractivity contribution < 1.29 is 21.6 Å². The Labute approximate surface area is 141 Å². The number of nitrogens with two attached hydrogens (primary N) is 1. The van der Waals surface area contributed by atoms with Gasteiger partial charge in [0.15, 0.2) is 5.82 Å². The van der Waals surface area contributed by atoms with Crippen LogP contribution in [-0.2, 0) is 16.3 Å². The quantitative estimate of drug-likeness (QED) is 0.667. The Morgan fingerprint density at radius 1 is 1.32 bits per heavy atom. The third-order valence-electron chi connectivity index (χ3n) is 3.38. The maximum Gasteiger partial charge on any atom is 0.501 e. The van der Waals surface area contributed by atoms with Crippen LogP contribution in [0.25, 0.3) is 0 Å². The molecule has 0 aliphatic rings. The molecule has 0 saturated heterocycles. The van der Waals surface area contributed by atoms with Gasteiger partial charge < -0.3 is 11.1 Å². The summed E-state index contributed by atoms with van der Waals surface area (Å²) in [5.74, 6) is 0.0760. The van der Waals surface area contributed by atoms with Crippen LogP contribution in [-0.4, -0.2) is 30.7 Å². The fourth-order valence-electron chi connectivity index (χ4n) is 2.16. The zero-order valence-corrected chi connectivity index (χ0v) is 13.6. The van der Waals surface area contributed by atoms with Crippen LogP contribution in [0.2, 0.25) is 0 Å². The smallest absolute Gasteiger partial charge is 0.384 e. The molecular weight excluding hydrogens is 359 g/mol. The van der Waals surface area contributed by atoms with Crippen LogP contribution < -0.4 is 11.1 Å².